The van der Waals surface area contributed by atoms with Crippen molar-refractivity contribution >= 4 is 35.2 Å². The normalized spacial score (nSPS) is 10.6. The molecule has 0 aliphatic rings. The molecule has 1 aromatic carbocycles. The molecule has 1 amide bonds. The fourth-order valence-electron chi connectivity index (χ4n) is 1.57. The lowest BCUT2D eigenvalue weighted by Gasteiger charge is -2.19. The van der Waals surface area contributed by atoms with Gasteiger partial charge >= 0.3 is 5.97 Å². The molecule has 5 nitrogen and oxygen atoms in total. The highest BCUT2D eigenvalue weighted by Crippen LogP contribution is 2.24. The average Bonchev–Trinajstić information content (AvgIpc) is 2.42. The maximum atomic E-state index is 11.2. The maximum absolute atomic E-state index is 11.2. The Morgan fingerprint density at radius 2 is 2.15 bits per heavy atom. The largest absolute Gasteiger partial charge is 0.478 e. The van der Waals surface area contributed by atoms with E-state index < -0.39 is 5.97 Å². The lowest BCUT2D eigenvalue weighted by molar-refractivity contribution is -0.131. The van der Waals surface area contributed by atoms with Crippen molar-refractivity contribution in [3.63, 3.8) is 0 Å². The molecule has 108 valence electrons. The smallest absolute Gasteiger partial charge is 0.328 e. The molecular weight excluding hydrogens is 280 g/mol. The fraction of sp³-hybridized carbons (Fsp3) is 0.286. The number of nitrogens with zero attached hydrogens (tertiary/aromatic N) is 1. The minimum Gasteiger partial charge on any atom is -0.478 e. The SMILES string of the molecule is CNC(=O)CCN(C)c1ccc(/C=C/C(=O)O)c(Cl)c1. The summed E-state index contributed by atoms with van der Waals surface area (Å²) in [6.07, 6.45) is 2.88. The van der Waals surface area contributed by atoms with Crippen molar-refractivity contribution in [2.24, 2.45) is 0 Å². The van der Waals surface area contributed by atoms with E-state index >= 15 is 0 Å². The summed E-state index contributed by atoms with van der Waals surface area (Å²) in [5.74, 6) is -1.04. The Labute approximate surface area is 122 Å². The molecule has 2 N–H and O–H groups in total. The predicted molar refractivity (Wildman–Crippen MR) is 80.1 cm³/mol. The molecule has 0 saturated carbocycles. The molecule has 0 aliphatic heterocycles. The summed E-state index contributed by atoms with van der Waals surface area (Å²) >= 11 is 6.10. The zero-order valence-electron chi connectivity index (χ0n) is 11.4. The van der Waals surface area contributed by atoms with E-state index in [0.29, 0.717) is 23.6 Å². The Hall–Kier alpha value is -2.01. The van der Waals surface area contributed by atoms with E-state index in [1.54, 1.807) is 19.2 Å². The van der Waals surface area contributed by atoms with Gasteiger partial charge in [-0.1, -0.05) is 17.7 Å². The zero-order valence-corrected chi connectivity index (χ0v) is 12.1. The number of anilines is 1. The molecular formula is C14H17ClN2O3. The maximum Gasteiger partial charge on any atom is 0.328 e. The van der Waals surface area contributed by atoms with Crippen LogP contribution in [-0.2, 0) is 9.59 Å². The molecule has 0 radical (unpaired) electrons. The van der Waals surface area contributed by atoms with Gasteiger partial charge in [0.1, 0.15) is 0 Å². The first kappa shape index (κ1) is 16.0. The quantitative estimate of drug-likeness (QED) is 0.788. The van der Waals surface area contributed by atoms with Crippen LogP contribution in [0.3, 0.4) is 0 Å². The van der Waals surface area contributed by atoms with Gasteiger partial charge < -0.3 is 15.3 Å². The van der Waals surface area contributed by atoms with E-state index in [-0.39, 0.29) is 5.91 Å². The van der Waals surface area contributed by atoms with Crippen LogP contribution < -0.4 is 10.2 Å². The summed E-state index contributed by atoms with van der Waals surface area (Å²) < 4.78 is 0. The van der Waals surface area contributed by atoms with Gasteiger partial charge in [-0.2, -0.15) is 0 Å². The molecule has 0 heterocycles. The van der Waals surface area contributed by atoms with E-state index in [9.17, 15) is 9.59 Å². The minimum atomic E-state index is -1.02. The van der Waals surface area contributed by atoms with Gasteiger partial charge in [0, 0.05) is 43.8 Å². The Morgan fingerprint density at radius 3 is 2.70 bits per heavy atom. The number of aliphatic carboxylic acids is 1. The van der Waals surface area contributed by atoms with Crippen LogP contribution in [0.4, 0.5) is 5.69 Å². The van der Waals surface area contributed by atoms with Crippen molar-refractivity contribution in [1.29, 1.82) is 0 Å². The van der Waals surface area contributed by atoms with Gasteiger partial charge in [0.2, 0.25) is 5.91 Å². The molecule has 0 saturated heterocycles. The van der Waals surface area contributed by atoms with Gasteiger partial charge in [-0.3, -0.25) is 4.79 Å². The van der Waals surface area contributed by atoms with Crippen LogP contribution >= 0.6 is 11.6 Å². The molecule has 0 bridgehead atoms. The first-order chi connectivity index (χ1) is 9.43. The van der Waals surface area contributed by atoms with Crippen LogP contribution in [-0.4, -0.2) is 37.6 Å². The van der Waals surface area contributed by atoms with Crippen molar-refractivity contribution in [3.8, 4) is 0 Å². The van der Waals surface area contributed by atoms with Crippen LogP contribution in [0.5, 0.6) is 0 Å². The van der Waals surface area contributed by atoms with Gasteiger partial charge in [0.15, 0.2) is 0 Å². The Bertz CT molecular complexity index is 529. The number of amides is 1. The molecule has 0 unspecified atom stereocenters. The molecule has 0 aromatic heterocycles. The second-order valence-electron chi connectivity index (χ2n) is 4.22. The van der Waals surface area contributed by atoms with E-state index in [1.807, 2.05) is 18.0 Å². The van der Waals surface area contributed by atoms with Crippen LogP contribution in [0.15, 0.2) is 24.3 Å². The molecule has 0 aliphatic carbocycles. The zero-order chi connectivity index (χ0) is 15.1. The third-order valence-corrected chi connectivity index (χ3v) is 3.11. The number of benzene rings is 1. The van der Waals surface area contributed by atoms with Crippen LogP contribution in [0, 0.1) is 0 Å². The van der Waals surface area contributed by atoms with Gasteiger partial charge in [0.25, 0.3) is 0 Å². The lowest BCUT2D eigenvalue weighted by Crippen LogP contribution is -2.26. The summed E-state index contributed by atoms with van der Waals surface area (Å²) in [5.41, 5.74) is 1.50. The Morgan fingerprint density at radius 1 is 1.45 bits per heavy atom. The van der Waals surface area contributed by atoms with E-state index in [0.717, 1.165) is 11.8 Å². The number of rotatable bonds is 6. The highest BCUT2D eigenvalue weighted by molar-refractivity contribution is 6.32. The van der Waals surface area contributed by atoms with Crippen LogP contribution in [0.2, 0.25) is 5.02 Å². The van der Waals surface area contributed by atoms with Gasteiger partial charge in [-0.05, 0) is 23.8 Å². The second kappa shape index (κ2) is 7.55. The van der Waals surface area contributed by atoms with Gasteiger partial charge in [0.05, 0.1) is 0 Å². The molecule has 1 aromatic rings. The molecule has 0 spiro atoms. The van der Waals surface area contributed by atoms with E-state index in [4.69, 9.17) is 16.7 Å². The van der Waals surface area contributed by atoms with Crippen molar-refractivity contribution in [1.82, 2.24) is 5.32 Å². The summed E-state index contributed by atoms with van der Waals surface area (Å²) in [6, 6.07) is 5.32. The summed E-state index contributed by atoms with van der Waals surface area (Å²) in [7, 11) is 3.46. The molecule has 0 atom stereocenters. The Balaban J connectivity index is 2.76. The number of carbonyl (C=O) groups is 2. The van der Waals surface area contributed by atoms with Crippen LogP contribution in [0.25, 0.3) is 6.08 Å². The summed E-state index contributed by atoms with van der Waals surface area (Å²) in [5, 5.41) is 11.6. The molecule has 20 heavy (non-hydrogen) atoms. The third-order valence-electron chi connectivity index (χ3n) is 2.78. The summed E-state index contributed by atoms with van der Waals surface area (Å²) in [6.45, 7) is 0.570. The van der Waals surface area contributed by atoms with Crippen LogP contribution in [0.1, 0.15) is 12.0 Å². The van der Waals surface area contributed by atoms with Crippen molar-refractivity contribution in [3.05, 3.63) is 34.9 Å². The first-order valence-corrected chi connectivity index (χ1v) is 6.44. The second-order valence-corrected chi connectivity index (χ2v) is 4.63. The van der Waals surface area contributed by atoms with E-state index in [1.165, 1.54) is 6.08 Å². The van der Waals surface area contributed by atoms with Gasteiger partial charge in [-0.25, -0.2) is 4.79 Å². The first-order valence-electron chi connectivity index (χ1n) is 6.06. The predicted octanol–water partition coefficient (Wildman–Crippen LogP) is 2.01. The third kappa shape index (κ3) is 4.93. The molecule has 6 heteroatoms. The monoisotopic (exact) mass is 296 g/mol. The fourth-order valence-corrected chi connectivity index (χ4v) is 1.81. The number of carboxylic acid groups (broad SMARTS) is 1. The number of hydrogen-bond acceptors (Lipinski definition) is 3. The number of carboxylic acids is 1. The standard InChI is InChI=1S/C14H17ClN2O3/c1-16-13(18)7-8-17(2)11-5-3-10(12(15)9-11)4-6-14(19)20/h3-6,9H,7-8H2,1-2H3,(H,16,18)(H,19,20)/b6-4+. The van der Waals surface area contributed by atoms with E-state index in [2.05, 4.69) is 5.32 Å². The Kier molecular flexibility index (Phi) is 6.06. The minimum absolute atomic E-state index is 0.0241. The van der Waals surface area contributed by atoms with Crippen molar-refractivity contribution in [2.45, 2.75) is 6.42 Å². The topological polar surface area (TPSA) is 69.6 Å². The van der Waals surface area contributed by atoms with Crippen molar-refractivity contribution in [2.75, 3.05) is 25.5 Å². The highest BCUT2D eigenvalue weighted by atomic mass is 35.5. The summed E-state index contributed by atoms with van der Waals surface area (Å²) in [4.78, 5) is 23.6. The molecule has 1 rings (SSSR count). The van der Waals surface area contributed by atoms with Crippen molar-refractivity contribution < 1.29 is 14.7 Å². The van der Waals surface area contributed by atoms with Gasteiger partial charge in [-0.15, -0.1) is 0 Å². The lowest BCUT2D eigenvalue weighted by atomic mass is 10.1. The number of halogens is 1. The average molecular weight is 297 g/mol. The number of hydrogen-bond donors (Lipinski definition) is 2. The number of nitrogens with one attached hydrogen (secondary N) is 1. The number of carbonyl (C=O) groups excluding carboxylic acids is 1. The molecule has 0 fully saturated rings. The highest BCUT2D eigenvalue weighted by Gasteiger charge is 2.06.